The van der Waals surface area contributed by atoms with E-state index in [1.165, 1.54) is 38.4 Å². The Morgan fingerprint density at radius 1 is 1.47 bits per heavy atom. The fraction of sp³-hybridized carbons (Fsp3) is 0.714. The second-order valence-corrected chi connectivity index (χ2v) is 5.32. The highest BCUT2D eigenvalue weighted by molar-refractivity contribution is 5.92. The van der Waals surface area contributed by atoms with E-state index >= 15 is 0 Å². The first-order chi connectivity index (χ1) is 9.20. The van der Waals surface area contributed by atoms with E-state index in [-0.39, 0.29) is 11.9 Å². The normalized spacial score (nSPS) is 18.2. The molecule has 0 saturated heterocycles. The van der Waals surface area contributed by atoms with Crippen molar-refractivity contribution < 1.29 is 9.21 Å². The maximum Gasteiger partial charge on any atom is 0.273 e. The first kappa shape index (κ1) is 14.1. The third-order valence-corrected chi connectivity index (χ3v) is 3.83. The Balaban J connectivity index is 1.88. The van der Waals surface area contributed by atoms with Crippen LogP contribution in [-0.4, -0.2) is 24.0 Å². The second-order valence-electron chi connectivity index (χ2n) is 5.32. The molecule has 1 aliphatic rings. The molecule has 0 aliphatic heterocycles. The highest BCUT2D eigenvalue weighted by atomic mass is 16.3. The van der Waals surface area contributed by atoms with Crippen LogP contribution in [0.25, 0.3) is 0 Å². The average molecular weight is 265 g/mol. The van der Waals surface area contributed by atoms with Crippen LogP contribution < -0.4 is 10.6 Å². The van der Waals surface area contributed by atoms with E-state index in [9.17, 15) is 4.79 Å². The molecule has 5 nitrogen and oxygen atoms in total. The van der Waals surface area contributed by atoms with Gasteiger partial charge in [0, 0.05) is 6.04 Å². The summed E-state index contributed by atoms with van der Waals surface area (Å²) < 4.78 is 5.22. The van der Waals surface area contributed by atoms with E-state index in [1.807, 2.05) is 7.05 Å². The zero-order valence-corrected chi connectivity index (χ0v) is 11.7. The lowest BCUT2D eigenvalue weighted by molar-refractivity contribution is 0.0914. The van der Waals surface area contributed by atoms with Crippen molar-refractivity contribution in [2.24, 2.45) is 5.92 Å². The van der Waals surface area contributed by atoms with Crippen molar-refractivity contribution in [3.8, 4) is 0 Å². The van der Waals surface area contributed by atoms with Crippen molar-refractivity contribution in [1.82, 2.24) is 15.6 Å². The molecule has 1 saturated carbocycles. The zero-order valence-electron chi connectivity index (χ0n) is 11.7. The van der Waals surface area contributed by atoms with Crippen LogP contribution in [0, 0.1) is 5.92 Å². The predicted octanol–water partition coefficient (Wildman–Crippen LogP) is 2.09. The fourth-order valence-electron chi connectivity index (χ4n) is 2.68. The Morgan fingerprint density at radius 3 is 2.89 bits per heavy atom. The van der Waals surface area contributed by atoms with Gasteiger partial charge in [-0.15, -0.1) is 0 Å². The lowest BCUT2D eigenvalue weighted by Gasteiger charge is -2.27. The molecule has 0 spiro atoms. The van der Waals surface area contributed by atoms with E-state index in [4.69, 9.17) is 4.42 Å². The van der Waals surface area contributed by atoms with Gasteiger partial charge in [-0.05, 0) is 32.7 Å². The van der Waals surface area contributed by atoms with Crippen LogP contribution in [0.15, 0.2) is 10.7 Å². The summed E-state index contributed by atoms with van der Waals surface area (Å²) >= 11 is 0. The molecule has 2 N–H and O–H groups in total. The molecule has 0 aromatic carbocycles. The molecule has 1 unspecified atom stereocenters. The quantitative estimate of drug-likeness (QED) is 0.855. The number of hydrogen-bond donors (Lipinski definition) is 2. The van der Waals surface area contributed by atoms with Crippen LogP contribution in [0.3, 0.4) is 0 Å². The molecular formula is C14H23N3O2. The van der Waals surface area contributed by atoms with Crippen LogP contribution in [0.4, 0.5) is 0 Å². The van der Waals surface area contributed by atoms with E-state index < -0.39 is 0 Å². The minimum atomic E-state index is -0.135. The Hall–Kier alpha value is -1.36. The summed E-state index contributed by atoms with van der Waals surface area (Å²) in [5.41, 5.74) is 0.368. The third kappa shape index (κ3) is 3.80. The lowest BCUT2D eigenvalue weighted by atomic mass is 9.84. The largest absolute Gasteiger partial charge is 0.447 e. The predicted molar refractivity (Wildman–Crippen MR) is 72.8 cm³/mol. The van der Waals surface area contributed by atoms with Crippen LogP contribution in [0.1, 0.15) is 55.4 Å². The molecule has 1 fully saturated rings. The summed E-state index contributed by atoms with van der Waals surface area (Å²) in [6, 6.07) is 0.206. The van der Waals surface area contributed by atoms with Gasteiger partial charge in [-0.25, -0.2) is 4.98 Å². The van der Waals surface area contributed by atoms with Crippen LogP contribution in [0.2, 0.25) is 0 Å². The van der Waals surface area contributed by atoms with Crippen LogP contribution in [-0.2, 0) is 6.54 Å². The third-order valence-electron chi connectivity index (χ3n) is 3.83. The Morgan fingerprint density at radius 2 is 2.21 bits per heavy atom. The van der Waals surface area contributed by atoms with E-state index in [2.05, 4.69) is 22.5 Å². The minimum absolute atomic E-state index is 0.135. The number of amides is 1. The number of carbonyl (C=O) groups is 1. The average Bonchev–Trinajstić information content (AvgIpc) is 2.89. The highest BCUT2D eigenvalue weighted by Crippen LogP contribution is 2.26. The SMILES string of the molecule is CNCc1nc(C(=O)NC(C)C2CCCCC2)co1. The number of nitrogens with one attached hydrogen (secondary N) is 2. The molecule has 1 heterocycles. The van der Waals surface area contributed by atoms with Crippen molar-refractivity contribution in [1.29, 1.82) is 0 Å². The molecule has 0 radical (unpaired) electrons. The van der Waals surface area contributed by atoms with E-state index in [0.717, 1.165) is 0 Å². The summed E-state index contributed by atoms with van der Waals surface area (Å²) in [5.74, 6) is 1.00. The Kier molecular flexibility index (Phi) is 4.96. The van der Waals surface area contributed by atoms with Gasteiger partial charge in [0.2, 0.25) is 5.89 Å². The Bertz CT molecular complexity index is 411. The van der Waals surface area contributed by atoms with Crippen molar-refractivity contribution >= 4 is 5.91 Å². The van der Waals surface area contributed by atoms with Gasteiger partial charge < -0.3 is 15.1 Å². The molecule has 5 heteroatoms. The summed E-state index contributed by atoms with van der Waals surface area (Å²) in [4.78, 5) is 16.2. The summed E-state index contributed by atoms with van der Waals surface area (Å²) in [5, 5.41) is 5.98. The highest BCUT2D eigenvalue weighted by Gasteiger charge is 2.22. The molecule has 19 heavy (non-hydrogen) atoms. The number of rotatable bonds is 5. The molecule has 1 aromatic heterocycles. The van der Waals surface area contributed by atoms with Crippen molar-refractivity contribution in [3.05, 3.63) is 17.8 Å². The van der Waals surface area contributed by atoms with Gasteiger partial charge in [0.15, 0.2) is 5.69 Å². The van der Waals surface area contributed by atoms with Gasteiger partial charge in [-0.2, -0.15) is 0 Å². The smallest absolute Gasteiger partial charge is 0.273 e. The molecule has 1 amide bonds. The minimum Gasteiger partial charge on any atom is -0.447 e. The summed E-state index contributed by atoms with van der Waals surface area (Å²) in [7, 11) is 1.81. The monoisotopic (exact) mass is 265 g/mol. The first-order valence-corrected chi connectivity index (χ1v) is 7.10. The molecule has 1 aliphatic carbocycles. The summed E-state index contributed by atoms with van der Waals surface area (Å²) in [6.45, 7) is 2.62. The lowest BCUT2D eigenvalue weighted by Crippen LogP contribution is -2.39. The van der Waals surface area contributed by atoms with Crippen LogP contribution >= 0.6 is 0 Å². The fourth-order valence-corrected chi connectivity index (χ4v) is 2.68. The van der Waals surface area contributed by atoms with Crippen molar-refractivity contribution in [3.63, 3.8) is 0 Å². The molecule has 0 bridgehead atoms. The standard InChI is InChI=1S/C14H23N3O2/c1-10(11-6-4-3-5-7-11)16-14(18)12-9-19-13(17-12)8-15-2/h9-11,15H,3-8H2,1-2H3,(H,16,18). The maximum atomic E-state index is 12.1. The number of nitrogens with zero attached hydrogens (tertiary/aromatic N) is 1. The molecule has 1 atom stereocenters. The summed E-state index contributed by atoms with van der Waals surface area (Å²) in [6.07, 6.45) is 7.74. The van der Waals surface area contributed by atoms with E-state index in [0.29, 0.717) is 24.0 Å². The molecule has 1 aromatic rings. The van der Waals surface area contributed by atoms with Crippen molar-refractivity contribution in [2.75, 3.05) is 7.05 Å². The number of carbonyl (C=O) groups excluding carboxylic acids is 1. The molecule has 2 rings (SSSR count). The van der Waals surface area contributed by atoms with Gasteiger partial charge in [0.1, 0.15) is 6.26 Å². The second kappa shape index (κ2) is 6.70. The first-order valence-electron chi connectivity index (χ1n) is 7.10. The van der Waals surface area contributed by atoms with Crippen LogP contribution in [0.5, 0.6) is 0 Å². The molecular weight excluding hydrogens is 242 g/mol. The van der Waals surface area contributed by atoms with Gasteiger partial charge >= 0.3 is 0 Å². The number of aromatic nitrogens is 1. The maximum absolute atomic E-state index is 12.1. The van der Waals surface area contributed by atoms with Crippen molar-refractivity contribution in [2.45, 2.75) is 51.6 Å². The van der Waals surface area contributed by atoms with Gasteiger partial charge in [0.25, 0.3) is 5.91 Å². The number of hydrogen-bond acceptors (Lipinski definition) is 4. The number of oxazole rings is 1. The zero-order chi connectivity index (χ0) is 13.7. The topological polar surface area (TPSA) is 67.2 Å². The van der Waals surface area contributed by atoms with E-state index in [1.54, 1.807) is 0 Å². The van der Waals surface area contributed by atoms with Gasteiger partial charge in [-0.3, -0.25) is 4.79 Å². The van der Waals surface area contributed by atoms with Gasteiger partial charge in [0.05, 0.1) is 6.54 Å². The van der Waals surface area contributed by atoms with Gasteiger partial charge in [-0.1, -0.05) is 19.3 Å². The Labute approximate surface area is 114 Å². The molecule has 106 valence electrons.